The van der Waals surface area contributed by atoms with Crippen molar-refractivity contribution in [2.45, 2.75) is 0 Å². The van der Waals surface area contributed by atoms with Crippen LogP contribution in [-0.2, 0) is 0 Å². The summed E-state index contributed by atoms with van der Waals surface area (Å²) in [6, 6.07) is 7.40. The molecule has 0 atom stereocenters. The number of nitrogens with one attached hydrogen (secondary N) is 1. The Hall–Kier alpha value is -3.32. The number of hydrogen-bond acceptors (Lipinski definition) is 5. The van der Waals surface area contributed by atoms with Gasteiger partial charge < -0.3 is 14.8 Å². The van der Waals surface area contributed by atoms with E-state index in [0.717, 1.165) is 4.90 Å². The highest BCUT2D eigenvalue weighted by Crippen LogP contribution is 2.36. The SMILES string of the molecule is C=CCN1C(=O)c2ccc(C(=O)Nc3cc(OC)c(Cl)cc3OC)cc2C1=O. The van der Waals surface area contributed by atoms with Gasteiger partial charge in [-0.2, -0.15) is 0 Å². The summed E-state index contributed by atoms with van der Waals surface area (Å²) in [6.07, 6.45) is 1.47. The lowest BCUT2D eigenvalue weighted by Gasteiger charge is -2.13. The van der Waals surface area contributed by atoms with E-state index >= 15 is 0 Å². The number of rotatable bonds is 6. The molecule has 3 amide bonds. The molecule has 1 N–H and O–H groups in total. The third kappa shape index (κ3) is 3.32. The van der Waals surface area contributed by atoms with Crippen LogP contribution in [-0.4, -0.2) is 43.4 Å². The van der Waals surface area contributed by atoms with Crippen LogP contribution in [0.15, 0.2) is 43.0 Å². The van der Waals surface area contributed by atoms with E-state index in [9.17, 15) is 14.4 Å². The highest BCUT2D eigenvalue weighted by atomic mass is 35.5. The number of halogens is 1. The van der Waals surface area contributed by atoms with Gasteiger partial charge in [0.2, 0.25) is 0 Å². The fraction of sp³-hybridized carbons (Fsp3) is 0.150. The maximum absolute atomic E-state index is 12.7. The predicted molar refractivity (Wildman–Crippen MR) is 105 cm³/mol. The lowest BCUT2D eigenvalue weighted by atomic mass is 10.1. The minimum absolute atomic E-state index is 0.107. The van der Waals surface area contributed by atoms with Crippen LogP contribution in [0.5, 0.6) is 11.5 Å². The molecule has 0 unspecified atom stereocenters. The van der Waals surface area contributed by atoms with Crippen molar-refractivity contribution in [3.63, 3.8) is 0 Å². The van der Waals surface area contributed by atoms with Crippen molar-refractivity contribution in [2.75, 3.05) is 26.1 Å². The average Bonchev–Trinajstić information content (AvgIpc) is 2.93. The molecule has 144 valence electrons. The topological polar surface area (TPSA) is 84.9 Å². The normalized spacial score (nSPS) is 12.6. The summed E-state index contributed by atoms with van der Waals surface area (Å²) in [5.41, 5.74) is 1.01. The fourth-order valence-electron chi connectivity index (χ4n) is 2.88. The number of carbonyl (C=O) groups is 3. The van der Waals surface area contributed by atoms with E-state index in [4.69, 9.17) is 21.1 Å². The number of methoxy groups -OCH3 is 2. The third-order valence-corrected chi connectivity index (χ3v) is 4.56. The van der Waals surface area contributed by atoms with Gasteiger partial charge >= 0.3 is 0 Å². The first kappa shape index (κ1) is 19.4. The lowest BCUT2D eigenvalue weighted by Crippen LogP contribution is -2.29. The number of imide groups is 1. The number of nitrogens with zero attached hydrogens (tertiary/aromatic N) is 1. The predicted octanol–water partition coefficient (Wildman–Crippen LogP) is 3.39. The second-order valence-electron chi connectivity index (χ2n) is 5.91. The van der Waals surface area contributed by atoms with Crippen molar-refractivity contribution >= 4 is 35.0 Å². The maximum Gasteiger partial charge on any atom is 0.261 e. The minimum Gasteiger partial charge on any atom is -0.495 e. The van der Waals surface area contributed by atoms with Crippen molar-refractivity contribution in [3.05, 3.63) is 64.7 Å². The molecule has 1 heterocycles. The Bertz CT molecular complexity index is 1000. The third-order valence-electron chi connectivity index (χ3n) is 4.27. The Labute approximate surface area is 166 Å². The summed E-state index contributed by atoms with van der Waals surface area (Å²) < 4.78 is 10.4. The molecule has 2 aromatic rings. The first-order valence-corrected chi connectivity index (χ1v) is 8.63. The number of hydrogen-bond donors (Lipinski definition) is 1. The van der Waals surface area contributed by atoms with Gasteiger partial charge in [0.05, 0.1) is 36.1 Å². The van der Waals surface area contributed by atoms with Crippen LogP contribution in [0.1, 0.15) is 31.1 Å². The summed E-state index contributed by atoms with van der Waals surface area (Å²) in [5, 5.41) is 3.04. The second-order valence-corrected chi connectivity index (χ2v) is 6.32. The Morgan fingerprint density at radius 1 is 1.11 bits per heavy atom. The lowest BCUT2D eigenvalue weighted by molar-refractivity contribution is 0.0672. The number of benzene rings is 2. The van der Waals surface area contributed by atoms with Gasteiger partial charge in [-0.3, -0.25) is 19.3 Å². The molecule has 1 aliphatic heterocycles. The van der Waals surface area contributed by atoms with E-state index in [-0.39, 0.29) is 23.2 Å². The first-order chi connectivity index (χ1) is 13.4. The van der Waals surface area contributed by atoms with Gasteiger partial charge in [-0.15, -0.1) is 6.58 Å². The number of fused-ring (bicyclic) bond motifs is 1. The van der Waals surface area contributed by atoms with Crippen molar-refractivity contribution in [2.24, 2.45) is 0 Å². The van der Waals surface area contributed by atoms with Crippen molar-refractivity contribution < 1.29 is 23.9 Å². The molecule has 1 aliphatic rings. The number of ether oxygens (including phenoxy) is 2. The van der Waals surface area contributed by atoms with Gasteiger partial charge in [-0.1, -0.05) is 17.7 Å². The van der Waals surface area contributed by atoms with Crippen LogP contribution < -0.4 is 14.8 Å². The van der Waals surface area contributed by atoms with Crippen molar-refractivity contribution in [1.29, 1.82) is 0 Å². The average molecular weight is 401 g/mol. The number of anilines is 1. The molecular formula is C20H17ClN2O5. The highest BCUT2D eigenvalue weighted by molar-refractivity contribution is 6.32. The molecule has 0 fully saturated rings. The molecule has 2 aromatic carbocycles. The zero-order valence-corrected chi connectivity index (χ0v) is 16.0. The molecule has 7 nitrogen and oxygen atoms in total. The number of amides is 3. The van der Waals surface area contributed by atoms with Crippen LogP contribution >= 0.6 is 11.6 Å². The van der Waals surface area contributed by atoms with Crippen LogP contribution in [0, 0.1) is 0 Å². The minimum atomic E-state index is -0.479. The van der Waals surface area contributed by atoms with Gasteiger partial charge in [-0.25, -0.2) is 0 Å². The van der Waals surface area contributed by atoms with Gasteiger partial charge in [0.1, 0.15) is 11.5 Å². The van der Waals surface area contributed by atoms with Crippen LogP contribution in [0.4, 0.5) is 5.69 Å². The smallest absolute Gasteiger partial charge is 0.261 e. The van der Waals surface area contributed by atoms with Crippen molar-refractivity contribution in [1.82, 2.24) is 4.90 Å². The maximum atomic E-state index is 12.7. The quantitative estimate of drug-likeness (QED) is 0.593. The summed E-state index contributed by atoms with van der Waals surface area (Å²) in [4.78, 5) is 38.5. The zero-order valence-electron chi connectivity index (χ0n) is 15.2. The first-order valence-electron chi connectivity index (χ1n) is 8.25. The molecule has 0 bridgehead atoms. The van der Waals surface area contributed by atoms with Crippen LogP contribution in [0.2, 0.25) is 5.02 Å². The molecule has 8 heteroatoms. The van der Waals surface area contributed by atoms with E-state index < -0.39 is 17.7 Å². The van der Waals surface area contributed by atoms with E-state index in [0.29, 0.717) is 22.2 Å². The second kappa shape index (κ2) is 7.74. The molecule has 0 spiro atoms. The molecule has 0 saturated heterocycles. The summed E-state index contributed by atoms with van der Waals surface area (Å²) >= 11 is 6.07. The van der Waals surface area contributed by atoms with Crippen LogP contribution in [0.3, 0.4) is 0 Å². The largest absolute Gasteiger partial charge is 0.495 e. The fourth-order valence-corrected chi connectivity index (χ4v) is 3.11. The van der Waals surface area contributed by atoms with Gasteiger partial charge in [0, 0.05) is 24.2 Å². The molecule has 28 heavy (non-hydrogen) atoms. The van der Waals surface area contributed by atoms with E-state index in [1.54, 1.807) is 0 Å². The molecule has 0 saturated carbocycles. The number of carbonyl (C=O) groups excluding carboxylic acids is 3. The van der Waals surface area contributed by atoms with Crippen LogP contribution in [0.25, 0.3) is 0 Å². The van der Waals surface area contributed by atoms with E-state index in [1.165, 1.54) is 50.6 Å². The van der Waals surface area contributed by atoms with Crippen molar-refractivity contribution in [3.8, 4) is 11.5 Å². The standard InChI is InChI=1S/C20H17ClN2O5/c1-4-7-23-19(25)12-6-5-11(8-13(12)20(23)26)18(24)22-15-10-16(27-2)14(21)9-17(15)28-3/h4-6,8-10H,1,7H2,2-3H3,(H,22,24). The highest BCUT2D eigenvalue weighted by Gasteiger charge is 2.35. The van der Waals surface area contributed by atoms with Gasteiger partial charge in [0.25, 0.3) is 17.7 Å². The Morgan fingerprint density at radius 2 is 1.79 bits per heavy atom. The molecule has 0 aliphatic carbocycles. The summed E-state index contributed by atoms with van der Waals surface area (Å²) in [5.74, 6) is -0.625. The molecule has 0 aromatic heterocycles. The summed E-state index contributed by atoms with van der Waals surface area (Å²) in [7, 11) is 2.90. The van der Waals surface area contributed by atoms with E-state index in [1.807, 2.05) is 0 Å². The van der Waals surface area contributed by atoms with Gasteiger partial charge in [0.15, 0.2) is 0 Å². The van der Waals surface area contributed by atoms with Gasteiger partial charge in [-0.05, 0) is 18.2 Å². The Kier molecular flexibility index (Phi) is 5.37. The Balaban J connectivity index is 1.91. The zero-order chi connectivity index (χ0) is 20.4. The molecule has 0 radical (unpaired) electrons. The molecular weight excluding hydrogens is 384 g/mol. The van der Waals surface area contributed by atoms with E-state index in [2.05, 4.69) is 11.9 Å². The Morgan fingerprint density at radius 3 is 2.43 bits per heavy atom. The summed E-state index contributed by atoms with van der Waals surface area (Å²) in [6.45, 7) is 3.65. The molecule has 3 rings (SSSR count). The monoisotopic (exact) mass is 400 g/mol.